The van der Waals surface area contributed by atoms with Crippen LogP contribution in [0.15, 0.2) is 35.3 Å². The van der Waals surface area contributed by atoms with Crippen molar-refractivity contribution >= 4 is 56.6 Å². The number of carbonyl (C=O) groups excluding carboxylic acids is 2. The molecule has 2 aromatic carbocycles. The molecule has 0 aliphatic carbocycles. The number of aromatic nitrogens is 1. The van der Waals surface area contributed by atoms with Crippen LogP contribution in [0.4, 0.5) is 0 Å². The normalized spacial score (nSPS) is 11.6. The minimum Gasteiger partial charge on any atom is -0.493 e. The van der Waals surface area contributed by atoms with Gasteiger partial charge in [-0.3, -0.25) is 9.59 Å². The highest BCUT2D eigenvalue weighted by molar-refractivity contribution is 7.16. The number of para-hydroxylation sites is 1. The quantitative estimate of drug-likeness (QED) is 0.545. The number of hydrogen-bond acceptors (Lipinski definition) is 6. The van der Waals surface area contributed by atoms with Gasteiger partial charge in [-0.05, 0) is 24.3 Å². The summed E-state index contributed by atoms with van der Waals surface area (Å²) in [6.45, 7) is -0.167. The van der Waals surface area contributed by atoms with Gasteiger partial charge in [-0.25, -0.2) is 0 Å². The third-order valence-corrected chi connectivity index (χ3v) is 5.57. The molecule has 152 valence electrons. The molecule has 0 unspecified atom stereocenters. The van der Waals surface area contributed by atoms with Crippen LogP contribution in [0.1, 0.15) is 10.4 Å². The molecule has 0 fully saturated rings. The molecule has 7 nitrogen and oxygen atoms in total. The zero-order valence-electron chi connectivity index (χ0n) is 15.7. The number of nitrogens with zero attached hydrogens (tertiary/aromatic N) is 2. The van der Waals surface area contributed by atoms with E-state index in [9.17, 15) is 9.59 Å². The molecule has 1 amide bonds. The molecule has 0 saturated heterocycles. The van der Waals surface area contributed by atoms with Gasteiger partial charge in [-0.15, -0.1) is 0 Å². The highest BCUT2D eigenvalue weighted by atomic mass is 35.5. The number of thiazole rings is 1. The van der Waals surface area contributed by atoms with Crippen molar-refractivity contribution in [3.63, 3.8) is 0 Å². The number of hydrogen-bond donors (Lipinski definition) is 0. The molecule has 10 heteroatoms. The number of amides is 1. The summed E-state index contributed by atoms with van der Waals surface area (Å²) in [4.78, 5) is 29.3. The van der Waals surface area contributed by atoms with Gasteiger partial charge in [0.2, 0.25) is 0 Å². The van der Waals surface area contributed by atoms with Gasteiger partial charge in [-0.1, -0.05) is 40.6 Å². The highest BCUT2D eigenvalue weighted by Gasteiger charge is 2.19. The van der Waals surface area contributed by atoms with Crippen molar-refractivity contribution in [3.8, 4) is 11.5 Å². The summed E-state index contributed by atoms with van der Waals surface area (Å²) < 4.78 is 17.5. The fourth-order valence-electron chi connectivity index (χ4n) is 2.76. The second-order valence-corrected chi connectivity index (χ2v) is 7.59. The smallest absolute Gasteiger partial charge is 0.325 e. The number of fused-ring (bicyclic) bond motifs is 1. The van der Waals surface area contributed by atoms with Crippen LogP contribution in [0.2, 0.25) is 10.0 Å². The van der Waals surface area contributed by atoms with Gasteiger partial charge in [0, 0.05) is 5.02 Å². The van der Waals surface area contributed by atoms with E-state index in [1.165, 1.54) is 37.2 Å². The molecule has 0 spiro atoms. The minimum atomic E-state index is -0.562. The van der Waals surface area contributed by atoms with Crippen molar-refractivity contribution < 1.29 is 23.8 Å². The van der Waals surface area contributed by atoms with E-state index in [1.54, 1.807) is 30.3 Å². The average Bonchev–Trinajstić information content (AvgIpc) is 3.03. The Labute approximate surface area is 180 Å². The van der Waals surface area contributed by atoms with E-state index in [0.717, 1.165) is 0 Å². The first kappa shape index (κ1) is 21.2. The summed E-state index contributed by atoms with van der Waals surface area (Å²) in [5, 5.41) is 0.766. The largest absolute Gasteiger partial charge is 0.493 e. The van der Waals surface area contributed by atoms with Crippen molar-refractivity contribution in [3.05, 3.63) is 50.7 Å². The van der Waals surface area contributed by atoms with Crippen LogP contribution in [0.3, 0.4) is 0 Å². The lowest BCUT2D eigenvalue weighted by atomic mass is 10.2. The molecule has 1 aromatic heterocycles. The van der Waals surface area contributed by atoms with Gasteiger partial charge in [0.15, 0.2) is 16.3 Å². The monoisotopic (exact) mass is 454 g/mol. The number of carbonyl (C=O) groups is 2. The molecule has 1 heterocycles. The zero-order valence-corrected chi connectivity index (χ0v) is 18.0. The number of halogens is 2. The van der Waals surface area contributed by atoms with Crippen LogP contribution >= 0.6 is 34.5 Å². The predicted molar refractivity (Wildman–Crippen MR) is 111 cm³/mol. The summed E-state index contributed by atoms with van der Waals surface area (Å²) >= 11 is 13.6. The van der Waals surface area contributed by atoms with E-state index < -0.39 is 11.9 Å². The Bertz CT molecular complexity index is 1170. The molecule has 3 rings (SSSR count). The molecule has 0 N–H and O–H groups in total. The summed E-state index contributed by atoms with van der Waals surface area (Å²) in [5.41, 5.74) is 0.758. The van der Waals surface area contributed by atoms with Crippen molar-refractivity contribution in [2.45, 2.75) is 6.54 Å². The molecular formula is C19H16Cl2N2O5S. The first-order valence-corrected chi connectivity index (χ1v) is 9.82. The molecule has 0 atom stereocenters. The van der Waals surface area contributed by atoms with E-state index in [0.29, 0.717) is 26.0 Å². The van der Waals surface area contributed by atoms with Gasteiger partial charge < -0.3 is 18.8 Å². The minimum absolute atomic E-state index is 0.167. The molecule has 0 aliphatic heterocycles. The van der Waals surface area contributed by atoms with Gasteiger partial charge in [0.1, 0.15) is 6.54 Å². The Hall–Kier alpha value is -2.55. The topological polar surface area (TPSA) is 79.1 Å². The Kier molecular flexibility index (Phi) is 6.46. The summed E-state index contributed by atoms with van der Waals surface area (Å²) in [7, 11) is 4.19. The Morgan fingerprint density at radius 3 is 2.55 bits per heavy atom. The van der Waals surface area contributed by atoms with Gasteiger partial charge >= 0.3 is 5.97 Å². The van der Waals surface area contributed by atoms with Crippen molar-refractivity contribution in [1.82, 2.24) is 4.57 Å². The third kappa shape index (κ3) is 4.24. The second-order valence-electron chi connectivity index (χ2n) is 5.74. The molecular weight excluding hydrogens is 439 g/mol. The first-order chi connectivity index (χ1) is 13.9. The Morgan fingerprint density at radius 1 is 1.14 bits per heavy atom. The predicted octanol–water partition coefficient (Wildman–Crippen LogP) is 3.94. The number of benzene rings is 2. The fourth-order valence-corrected chi connectivity index (χ4v) is 4.57. The Balaban J connectivity index is 2.22. The highest BCUT2D eigenvalue weighted by Crippen LogP contribution is 2.32. The van der Waals surface area contributed by atoms with Crippen LogP contribution in [-0.2, 0) is 16.1 Å². The van der Waals surface area contributed by atoms with E-state index in [1.807, 2.05) is 0 Å². The van der Waals surface area contributed by atoms with Gasteiger partial charge in [0.05, 0.1) is 42.1 Å². The van der Waals surface area contributed by atoms with Crippen LogP contribution in [0.5, 0.6) is 11.5 Å². The van der Waals surface area contributed by atoms with Crippen LogP contribution < -0.4 is 14.3 Å². The maximum absolute atomic E-state index is 12.9. The lowest BCUT2D eigenvalue weighted by Gasteiger charge is -2.10. The Morgan fingerprint density at radius 2 is 1.90 bits per heavy atom. The molecule has 29 heavy (non-hydrogen) atoms. The number of methoxy groups -OCH3 is 3. The van der Waals surface area contributed by atoms with E-state index >= 15 is 0 Å². The SMILES string of the molecule is COC(=O)Cn1c(=NC(=O)c2cccc(OC)c2OC)sc2cc(Cl)cc(Cl)c21. The van der Waals surface area contributed by atoms with Crippen molar-refractivity contribution in [1.29, 1.82) is 0 Å². The van der Waals surface area contributed by atoms with Gasteiger partial charge in [0.25, 0.3) is 5.91 Å². The molecule has 3 aromatic rings. The van der Waals surface area contributed by atoms with Crippen molar-refractivity contribution in [2.75, 3.05) is 21.3 Å². The lowest BCUT2D eigenvalue weighted by molar-refractivity contribution is -0.141. The summed E-state index contributed by atoms with van der Waals surface area (Å²) in [6.07, 6.45) is 0. The summed E-state index contributed by atoms with van der Waals surface area (Å²) in [5.74, 6) is -0.399. The van der Waals surface area contributed by atoms with E-state index in [4.69, 9.17) is 37.4 Å². The lowest BCUT2D eigenvalue weighted by Crippen LogP contribution is -2.22. The maximum Gasteiger partial charge on any atom is 0.325 e. The molecule has 0 aliphatic rings. The number of esters is 1. The average molecular weight is 455 g/mol. The van der Waals surface area contributed by atoms with Crippen molar-refractivity contribution in [2.24, 2.45) is 4.99 Å². The summed E-state index contributed by atoms with van der Waals surface area (Å²) in [6, 6.07) is 8.16. The van der Waals surface area contributed by atoms with E-state index in [-0.39, 0.29) is 22.7 Å². The number of rotatable bonds is 5. The van der Waals surface area contributed by atoms with Crippen LogP contribution in [0, 0.1) is 0 Å². The fraction of sp³-hybridized carbons (Fsp3) is 0.211. The van der Waals surface area contributed by atoms with Crippen LogP contribution in [-0.4, -0.2) is 37.8 Å². The molecule has 0 radical (unpaired) electrons. The van der Waals surface area contributed by atoms with Crippen LogP contribution in [0.25, 0.3) is 10.2 Å². The zero-order chi connectivity index (χ0) is 21.1. The maximum atomic E-state index is 12.9. The molecule has 0 bridgehead atoms. The third-order valence-electron chi connectivity index (χ3n) is 4.04. The molecule has 0 saturated carbocycles. The van der Waals surface area contributed by atoms with Gasteiger partial charge in [-0.2, -0.15) is 4.99 Å². The first-order valence-electron chi connectivity index (χ1n) is 8.24. The standard InChI is InChI=1S/C19H16Cl2N2O5S/c1-26-13-6-4-5-11(17(13)28-3)18(25)22-19-23(9-15(24)27-2)16-12(21)7-10(20)8-14(16)29-19/h4-8H,9H2,1-3H3. The second kappa shape index (κ2) is 8.86. The van der Waals surface area contributed by atoms with E-state index in [2.05, 4.69) is 4.99 Å². The number of ether oxygens (including phenoxy) is 3.